The summed E-state index contributed by atoms with van der Waals surface area (Å²) >= 11 is 12.0. The van der Waals surface area contributed by atoms with Crippen LogP contribution in [0.4, 0.5) is 5.69 Å². The number of para-hydroxylation sites is 1. The summed E-state index contributed by atoms with van der Waals surface area (Å²) in [7, 11) is 0. The normalized spacial score (nSPS) is 17.8. The minimum Gasteiger partial charge on any atom is -0.301 e. The van der Waals surface area contributed by atoms with E-state index >= 15 is 0 Å². The molecular formula is C17H14Cl2N2O2. The van der Waals surface area contributed by atoms with Gasteiger partial charge in [-0.05, 0) is 29.8 Å². The van der Waals surface area contributed by atoms with Gasteiger partial charge in [0.1, 0.15) is 0 Å². The molecule has 0 unspecified atom stereocenters. The number of anilines is 1. The van der Waals surface area contributed by atoms with E-state index in [0.29, 0.717) is 22.3 Å². The van der Waals surface area contributed by atoms with Gasteiger partial charge < -0.3 is 5.32 Å². The highest BCUT2D eigenvalue weighted by Gasteiger charge is 2.39. The van der Waals surface area contributed by atoms with Crippen molar-refractivity contribution in [1.82, 2.24) is 5.32 Å². The van der Waals surface area contributed by atoms with Gasteiger partial charge in [-0.3, -0.25) is 9.59 Å². The van der Waals surface area contributed by atoms with Gasteiger partial charge in [0.25, 0.3) is 5.91 Å². The van der Waals surface area contributed by atoms with Crippen LogP contribution in [0.15, 0.2) is 48.5 Å². The zero-order valence-electron chi connectivity index (χ0n) is 12.1. The highest BCUT2D eigenvalue weighted by molar-refractivity contribution is 6.35. The highest BCUT2D eigenvalue weighted by atomic mass is 35.5. The molecule has 118 valence electrons. The lowest BCUT2D eigenvalue weighted by molar-refractivity contribution is -0.121. The van der Waals surface area contributed by atoms with E-state index in [-0.39, 0.29) is 18.2 Å². The van der Waals surface area contributed by atoms with Gasteiger partial charge in [-0.1, -0.05) is 47.5 Å². The fourth-order valence-electron chi connectivity index (χ4n) is 2.54. The van der Waals surface area contributed by atoms with Crippen LogP contribution >= 0.6 is 23.2 Å². The van der Waals surface area contributed by atoms with Crippen LogP contribution in [-0.4, -0.2) is 17.9 Å². The van der Waals surface area contributed by atoms with Crippen molar-refractivity contribution in [3.8, 4) is 0 Å². The Balaban J connectivity index is 1.70. The number of rotatable bonds is 4. The molecule has 2 aromatic rings. The largest absolute Gasteiger partial charge is 0.301 e. The maximum atomic E-state index is 12.5. The third-order valence-corrected chi connectivity index (χ3v) is 4.30. The minimum atomic E-state index is -0.547. The second-order valence-corrected chi connectivity index (χ2v) is 6.12. The van der Waals surface area contributed by atoms with Crippen molar-refractivity contribution in [3.63, 3.8) is 0 Å². The van der Waals surface area contributed by atoms with E-state index in [4.69, 9.17) is 23.2 Å². The molecule has 1 fully saturated rings. The second kappa shape index (κ2) is 6.71. The number of hydrogen-bond donors (Lipinski definition) is 1. The standard InChI is InChI=1S/C17H14Cl2N2O2/c18-12-7-6-11(14(19)8-12)10-20-15-9-16(22)21(17(15)23)13-4-2-1-3-5-13/h1-8,15,20H,9-10H2/t15-/m0/s1. The molecule has 0 radical (unpaired) electrons. The number of halogens is 2. The van der Waals surface area contributed by atoms with Crippen molar-refractivity contribution in [2.24, 2.45) is 0 Å². The van der Waals surface area contributed by atoms with Gasteiger partial charge in [0.15, 0.2) is 0 Å². The number of nitrogens with zero attached hydrogens (tertiary/aromatic N) is 1. The first-order valence-corrected chi connectivity index (χ1v) is 7.91. The zero-order chi connectivity index (χ0) is 16.4. The minimum absolute atomic E-state index is 0.138. The SMILES string of the molecule is O=C1C[C@H](NCc2ccc(Cl)cc2Cl)C(=O)N1c1ccccc1. The molecule has 1 aliphatic rings. The lowest BCUT2D eigenvalue weighted by atomic mass is 10.2. The fourth-order valence-corrected chi connectivity index (χ4v) is 3.01. The van der Waals surface area contributed by atoms with Crippen LogP contribution in [0.1, 0.15) is 12.0 Å². The van der Waals surface area contributed by atoms with Gasteiger partial charge in [0, 0.05) is 16.6 Å². The van der Waals surface area contributed by atoms with Crippen molar-refractivity contribution in [2.75, 3.05) is 4.90 Å². The molecule has 0 spiro atoms. The highest BCUT2D eigenvalue weighted by Crippen LogP contribution is 2.24. The van der Waals surface area contributed by atoms with Gasteiger partial charge in [-0.25, -0.2) is 4.90 Å². The Morgan fingerprint density at radius 1 is 1.09 bits per heavy atom. The number of nitrogens with one attached hydrogen (secondary N) is 1. The molecule has 23 heavy (non-hydrogen) atoms. The van der Waals surface area contributed by atoms with Gasteiger partial charge in [0.05, 0.1) is 18.2 Å². The number of hydrogen-bond acceptors (Lipinski definition) is 3. The summed E-state index contributed by atoms with van der Waals surface area (Å²) in [5, 5.41) is 4.18. The number of amides is 2. The Bertz CT molecular complexity index is 750. The summed E-state index contributed by atoms with van der Waals surface area (Å²) in [5.41, 5.74) is 1.42. The van der Waals surface area contributed by atoms with Gasteiger partial charge in [0.2, 0.25) is 5.91 Å². The number of benzene rings is 2. The molecule has 2 amide bonds. The van der Waals surface area contributed by atoms with E-state index in [2.05, 4.69) is 5.32 Å². The van der Waals surface area contributed by atoms with Crippen molar-refractivity contribution in [3.05, 3.63) is 64.1 Å². The first-order chi connectivity index (χ1) is 11.1. The molecule has 0 bridgehead atoms. The molecule has 4 nitrogen and oxygen atoms in total. The maximum Gasteiger partial charge on any atom is 0.251 e. The van der Waals surface area contributed by atoms with Gasteiger partial charge >= 0.3 is 0 Å². The lowest BCUT2D eigenvalue weighted by Gasteiger charge is -2.15. The van der Waals surface area contributed by atoms with Gasteiger partial charge in [-0.2, -0.15) is 0 Å². The molecule has 0 saturated carbocycles. The monoisotopic (exact) mass is 348 g/mol. The lowest BCUT2D eigenvalue weighted by Crippen LogP contribution is -2.38. The Kier molecular flexibility index (Phi) is 4.66. The van der Waals surface area contributed by atoms with Crippen LogP contribution in [0.5, 0.6) is 0 Å². The summed E-state index contributed by atoms with van der Waals surface area (Å²) in [5.74, 6) is -0.452. The Morgan fingerprint density at radius 3 is 2.52 bits per heavy atom. The topological polar surface area (TPSA) is 49.4 Å². The van der Waals surface area contributed by atoms with E-state index in [1.54, 1.807) is 42.5 Å². The first kappa shape index (κ1) is 16.0. The quantitative estimate of drug-likeness (QED) is 0.861. The molecule has 0 aliphatic carbocycles. The van der Waals surface area contributed by atoms with Crippen LogP contribution in [0, 0.1) is 0 Å². The molecular weight excluding hydrogens is 335 g/mol. The predicted molar refractivity (Wildman–Crippen MR) is 90.6 cm³/mol. The molecule has 2 aromatic carbocycles. The van der Waals surface area contributed by atoms with E-state index < -0.39 is 6.04 Å². The summed E-state index contributed by atoms with van der Waals surface area (Å²) in [6.45, 7) is 0.391. The summed E-state index contributed by atoms with van der Waals surface area (Å²) in [6.07, 6.45) is 0.138. The average molecular weight is 349 g/mol. The Morgan fingerprint density at radius 2 is 1.83 bits per heavy atom. The summed E-state index contributed by atoms with van der Waals surface area (Å²) in [6, 6.07) is 13.6. The van der Waals surface area contributed by atoms with Crippen molar-refractivity contribution in [1.29, 1.82) is 0 Å². The first-order valence-electron chi connectivity index (χ1n) is 7.15. The molecule has 1 atom stereocenters. The third kappa shape index (κ3) is 3.39. The summed E-state index contributed by atoms with van der Waals surface area (Å²) < 4.78 is 0. The fraction of sp³-hybridized carbons (Fsp3) is 0.176. The van der Waals surface area contributed by atoms with Crippen molar-refractivity contribution < 1.29 is 9.59 Å². The van der Waals surface area contributed by atoms with E-state index in [1.165, 1.54) is 4.90 Å². The van der Waals surface area contributed by atoms with Crippen LogP contribution in [0.25, 0.3) is 0 Å². The van der Waals surface area contributed by atoms with E-state index in [9.17, 15) is 9.59 Å². The smallest absolute Gasteiger partial charge is 0.251 e. The van der Waals surface area contributed by atoms with Crippen molar-refractivity contribution >= 4 is 40.7 Å². The van der Waals surface area contributed by atoms with Crippen LogP contribution in [-0.2, 0) is 16.1 Å². The predicted octanol–water partition coefficient (Wildman–Crippen LogP) is 3.42. The molecule has 1 heterocycles. The van der Waals surface area contributed by atoms with Crippen LogP contribution in [0.2, 0.25) is 10.0 Å². The Hall–Kier alpha value is -1.88. The average Bonchev–Trinajstić information content (AvgIpc) is 2.81. The third-order valence-electron chi connectivity index (χ3n) is 3.72. The molecule has 0 aromatic heterocycles. The maximum absolute atomic E-state index is 12.5. The zero-order valence-corrected chi connectivity index (χ0v) is 13.6. The molecule has 1 N–H and O–H groups in total. The van der Waals surface area contributed by atoms with Gasteiger partial charge in [-0.15, -0.1) is 0 Å². The van der Waals surface area contributed by atoms with E-state index in [1.807, 2.05) is 6.07 Å². The molecule has 1 aliphatic heterocycles. The van der Waals surface area contributed by atoms with Crippen LogP contribution in [0.3, 0.4) is 0 Å². The van der Waals surface area contributed by atoms with Crippen molar-refractivity contribution in [2.45, 2.75) is 19.0 Å². The number of imide groups is 1. The molecule has 1 saturated heterocycles. The summed E-state index contributed by atoms with van der Waals surface area (Å²) in [4.78, 5) is 25.8. The second-order valence-electron chi connectivity index (χ2n) is 5.28. The van der Waals surface area contributed by atoms with Crippen LogP contribution < -0.4 is 10.2 Å². The van der Waals surface area contributed by atoms with E-state index in [0.717, 1.165) is 5.56 Å². The number of carbonyl (C=O) groups is 2. The molecule has 3 rings (SSSR count). The Labute approximate surface area is 144 Å². The molecule has 6 heteroatoms. The number of carbonyl (C=O) groups excluding carboxylic acids is 2.